The number of nitrogens with zero attached hydrogens (tertiary/aromatic N) is 1. The van der Waals surface area contributed by atoms with Crippen molar-refractivity contribution in [2.24, 2.45) is 5.73 Å². The van der Waals surface area contributed by atoms with Gasteiger partial charge in [-0.1, -0.05) is 6.92 Å². The molecule has 1 unspecified atom stereocenters. The van der Waals surface area contributed by atoms with Gasteiger partial charge in [0.15, 0.2) is 0 Å². The van der Waals surface area contributed by atoms with Crippen LogP contribution in [0.25, 0.3) is 0 Å². The minimum atomic E-state index is -0.265. The van der Waals surface area contributed by atoms with E-state index in [0.717, 1.165) is 32.5 Å². The Morgan fingerprint density at radius 2 is 2.06 bits per heavy atom. The molecule has 108 valence electrons. The van der Waals surface area contributed by atoms with Gasteiger partial charge in [-0.05, 0) is 33.2 Å². The van der Waals surface area contributed by atoms with Gasteiger partial charge in [0.05, 0.1) is 12.6 Å². The molecule has 0 rings (SSSR count). The summed E-state index contributed by atoms with van der Waals surface area (Å²) in [5, 5.41) is 3.19. The molecule has 0 aliphatic heterocycles. The Balaban J connectivity index is 4.14. The molecule has 0 spiro atoms. The van der Waals surface area contributed by atoms with Crippen LogP contribution in [0.15, 0.2) is 0 Å². The predicted molar refractivity (Wildman–Crippen MR) is 74.5 cm³/mol. The summed E-state index contributed by atoms with van der Waals surface area (Å²) in [5.74, 6) is -0.265. The van der Waals surface area contributed by atoms with Gasteiger partial charge in [-0.15, -0.1) is 0 Å². The number of rotatable bonds is 11. The molecule has 0 heterocycles. The number of primary amides is 1. The number of amides is 1. The summed E-state index contributed by atoms with van der Waals surface area (Å²) in [6, 6.07) is 0.216. The van der Waals surface area contributed by atoms with E-state index in [1.54, 1.807) is 7.11 Å². The molecular weight excluding hydrogens is 230 g/mol. The van der Waals surface area contributed by atoms with Gasteiger partial charge in [0.1, 0.15) is 0 Å². The smallest absolute Gasteiger partial charge is 0.234 e. The molecule has 0 bridgehead atoms. The molecule has 0 saturated carbocycles. The van der Waals surface area contributed by atoms with Crippen LogP contribution in [0.1, 0.15) is 33.6 Å². The second-order valence-corrected chi connectivity index (χ2v) is 4.82. The number of hydrogen-bond acceptors (Lipinski definition) is 4. The largest absolute Gasteiger partial charge is 0.383 e. The first-order chi connectivity index (χ1) is 8.52. The Labute approximate surface area is 111 Å². The van der Waals surface area contributed by atoms with Gasteiger partial charge >= 0.3 is 0 Å². The van der Waals surface area contributed by atoms with E-state index in [1.165, 1.54) is 0 Å². The summed E-state index contributed by atoms with van der Waals surface area (Å²) in [4.78, 5) is 13.6. The van der Waals surface area contributed by atoms with Gasteiger partial charge < -0.3 is 15.8 Å². The Hall–Kier alpha value is -0.650. The normalized spacial score (nSPS) is 13.2. The number of nitrogens with one attached hydrogen (secondary N) is 1. The van der Waals surface area contributed by atoms with Crippen molar-refractivity contribution in [3.63, 3.8) is 0 Å². The minimum absolute atomic E-state index is 0.228. The highest BCUT2D eigenvalue weighted by Crippen LogP contribution is 2.02. The van der Waals surface area contributed by atoms with Crippen LogP contribution in [0.2, 0.25) is 0 Å². The van der Waals surface area contributed by atoms with E-state index in [9.17, 15) is 4.79 Å². The molecule has 0 fully saturated rings. The van der Waals surface area contributed by atoms with Crippen LogP contribution in [-0.2, 0) is 9.53 Å². The monoisotopic (exact) mass is 259 g/mol. The van der Waals surface area contributed by atoms with Crippen LogP contribution in [0.3, 0.4) is 0 Å². The summed E-state index contributed by atoms with van der Waals surface area (Å²) in [6.45, 7) is 9.64. The number of ether oxygens (including phenoxy) is 1. The molecule has 0 aromatic heterocycles. The van der Waals surface area contributed by atoms with Crippen molar-refractivity contribution in [3.8, 4) is 0 Å². The molecule has 5 heteroatoms. The van der Waals surface area contributed by atoms with Crippen LogP contribution in [0, 0.1) is 0 Å². The number of hydrogen-bond donors (Lipinski definition) is 2. The lowest BCUT2D eigenvalue weighted by Crippen LogP contribution is -2.45. The average Bonchev–Trinajstić information content (AvgIpc) is 2.31. The van der Waals surface area contributed by atoms with E-state index in [-0.39, 0.29) is 11.9 Å². The SMILES string of the molecule is CCCNC(CCN(CCOC)C(C)C)C(N)=O. The van der Waals surface area contributed by atoms with Crippen molar-refractivity contribution in [1.29, 1.82) is 0 Å². The molecular formula is C13H29N3O2. The van der Waals surface area contributed by atoms with Gasteiger partial charge in [-0.2, -0.15) is 0 Å². The van der Waals surface area contributed by atoms with Crippen molar-refractivity contribution in [2.75, 3.05) is 33.4 Å². The number of carbonyl (C=O) groups is 1. The van der Waals surface area contributed by atoms with Crippen LogP contribution < -0.4 is 11.1 Å². The van der Waals surface area contributed by atoms with Gasteiger partial charge in [0, 0.05) is 26.2 Å². The van der Waals surface area contributed by atoms with E-state index in [2.05, 4.69) is 31.0 Å². The topological polar surface area (TPSA) is 67.6 Å². The van der Waals surface area contributed by atoms with Crippen molar-refractivity contribution >= 4 is 5.91 Å². The highest BCUT2D eigenvalue weighted by Gasteiger charge is 2.17. The van der Waals surface area contributed by atoms with Gasteiger partial charge in [0.25, 0.3) is 0 Å². The van der Waals surface area contributed by atoms with Crippen molar-refractivity contribution in [1.82, 2.24) is 10.2 Å². The number of nitrogens with two attached hydrogens (primary N) is 1. The molecule has 3 N–H and O–H groups in total. The molecule has 0 aromatic carbocycles. The Bertz CT molecular complexity index is 222. The summed E-state index contributed by atoms with van der Waals surface area (Å²) in [7, 11) is 1.70. The van der Waals surface area contributed by atoms with Crippen LogP contribution in [-0.4, -0.2) is 56.2 Å². The zero-order valence-corrected chi connectivity index (χ0v) is 12.2. The molecule has 0 radical (unpaired) electrons. The first kappa shape index (κ1) is 17.4. The maximum absolute atomic E-state index is 11.3. The zero-order valence-electron chi connectivity index (χ0n) is 12.2. The zero-order chi connectivity index (χ0) is 14.0. The summed E-state index contributed by atoms with van der Waals surface area (Å²) in [5.41, 5.74) is 5.40. The molecule has 0 aliphatic carbocycles. The van der Waals surface area contributed by atoms with E-state index < -0.39 is 0 Å². The van der Waals surface area contributed by atoms with Crippen LogP contribution in [0.4, 0.5) is 0 Å². The molecule has 0 aliphatic rings. The molecule has 18 heavy (non-hydrogen) atoms. The van der Waals surface area contributed by atoms with Crippen molar-refractivity contribution < 1.29 is 9.53 Å². The summed E-state index contributed by atoms with van der Waals surface area (Å²) >= 11 is 0. The standard InChI is InChI=1S/C13H29N3O2/c1-5-7-15-12(13(14)17)6-8-16(11(2)3)9-10-18-4/h11-12,15H,5-10H2,1-4H3,(H2,14,17). The third-order valence-corrected chi connectivity index (χ3v) is 3.00. The lowest BCUT2D eigenvalue weighted by molar-refractivity contribution is -0.120. The number of carbonyl (C=O) groups excluding carboxylic acids is 1. The molecule has 1 atom stereocenters. The molecule has 0 saturated heterocycles. The van der Waals surface area contributed by atoms with Gasteiger partial charge in [0.2, 0.25) is 5.91 Å². The van der Waals surface area contributed by atoms with E-state index in [4.69, 9.17) is 10.5 Å². The van der Waals surface area contributed by atoms with E-state index in [0.29, 0.717) is 12.6 Å². The third kappa shape index (κ3) is 7.63. The van der Waals surface area contributed by atoms with E-state index >= 15 is 0 Å². The van der Waals surface area contributed by atoms with Crippen LogP contribution in [0.5, 0.6) is 0 Å². The summed E-state index contributed by atoms with van der Waals surface area (Å²) < 4.78 is 5.09. The van der Waals surface area contributed by atoms with Crippen molar-refractivity contribution in [2.45, 2.75) is 45.7 Å². The maximum atomic E-state index is 11.3. The average molecular weight is 259 g/mol. The first-order valence-corrected chi connectivity index (χ1v) is 6.78. The first-order valence-electron chi connectivity index (χ1n) is 6.78. The highest BCUT2D eigenvalue weighted by molar-refractivity contribution is 5.79. The molecule has 1 amide bonds. The second-order valence-electron chi connectivity index (χ2n) is 4.82. The van der Waals surface area contributed by atoms with E-state index in [1.807, 2.05) is 0 Å². The summed E-state index contributed by atoms with van der Waals surface area (Å²) in [6.07, 6.45) is 1.75. The fourth-order valence-electron chi connectivity index (χ4n) is 1.80. The van der Waals surface area contributed by atoms with Crippen LogP contribution >= 0.6 is 0 Å². The Kier molecular flexibility index (Phi) is 9.92. The molecule has 5 nitrogen and oxygen atoms in total. The quantitative estimate of drug-likeness (QED) is 0.570. The Morgan fingerprint density at radius 1 is 1.39 bits per heavy atom. The van der Waals surface area contributed by atoms with Crippen molar-refractivity contribution in [3.05, 3.63) is 0 Å². The van der Waals surface area contributed by atoms with Gasteiger partial charge in [-0.3, -0.25) is 9.69 Å². The minimum Gasteiger partial charge on any atom is -0.383 e. The Morgan fingerprint density at radius 3 is 2.50 bits per heavy atom. The second kappa shape index (κ2) is 10.3. The number of methoxy groups -OCH3 is 1. The lowest BCUT2D eigenvalue weighted by Gasteiger charge is -2.27. The fraction of sp³-hybridized carbons (Fsp3) is 0.923. The highest BCUT2D eigenvalue weighted by atomic mass is 16.5. The maximum Gasteiger partial charge on any atom is 0.234 e. The predicted octanol–water partition coefficient (Wildman–Crippen LogP) is 0.587. The third-order valence-electron chi connectivity index (χ3n) is 3.00. The molecule has 0 aromatic rings. The fourth-order valence-corrected chi connectivity index (χ4v) is 1.80. The lowest BCUT2D eigenvalue weighted by atomic mass is 10.1. The van der Waals surface area contributed by atoms with Gasteiger partial charge in [-0.25, -0.2) is 0 Å².